The second-order valence-electron chi connectivity index (χ2n) is 6.91. The van der Waals surface area contributed by atoms with Gasteiger partial charge in [-0.25, -0.2) is 0 Å². The molecule has 15 heteroatoms. The van der Waals surface area contributed by atoms with Gasteiger partial charge in [0.25, 0.3) is 0 Å². The molecule has 15 nitrogen and oxygen atoms in total. The van der Waals surface area contributed by atoms with E-state index in [1.807, 2.05) is 0 Å². The van der Waals surface area contributed by atoms with Crippen LogP contribution in [0.4, 0.5) is 0 Å². The van der Waals surface area contributed by atoms with E-state index in [1.165, 1.54) is 6.92 Å². The monoisotopic (exact) mass is 460 g/mol. The van der Waals surface area contributed by atoms with Gasteiger partial charge in [-0.1, -0.05) is 0 Å². The molecule has 0 aliphatic rings. The SMILES string of the molecule is CC(NC(=O)C(CCC(N)=O)NC(=O)C(CC(N)=O)NC(=O)C(N)CCC(=O)O)C(=O)O. The van der Waals surface area contributed by atoms with E-state index in [0.29, 0.717) is 0 Å². The summed E-state index contributed by atoms with van der Waals surface area (Å²) in [5.41, 5.74) is 15.7. The molecule has 0 saturated carbocycles. The number of primary amides is 2. The van der Waals surface area contributed by atoms with Crippen molar-refractivity contribution in [2.45, 2.75) is 63.2 Å². The molecule has 0 radical (unpaired) electrons. The predicted molar refractivity (Wildman–Crippen MR) is 106 cm³/mol. The lowest BCUT2D eigenvalue weighted by Crippen LogP contribution is -2.57. The van der Waals surface area contributed by atoms with Gasteiger partial charge >= 0.3 is 11.9 Å². The Morgan fingerprint density at radius 1 is 0.750 bits per heavy atom. The third-order valence-corrected chi connectivity index (χ3v) is 4.09. The summed E-state index contributed by atoms with van der Waals surface area (Å²) in [6.45, 7) is 1.17. The minimum absolute atomic E-state index is 0.247. The highest BCUT2D eigenvalue weighted by molar-refractivity contribution is 5.96. The minimum Gasteiger partial charge on any atom is -0.481 e. The van der Waals surface area contributed by atoms with Crippen LogP contribution in [0.25, 0.3) is 0 Å². The van der Waals surface area contributed by atoms with Gasteiger partial charge in [0.1, 0.15) is 18.1 Å². The van der Waals surface area contributed by atoms with Crippen LogP contribution >= 0.6 is 0 Å². The number of nitrogens with one attached hydrogen (secondary N) is 3. The number of aliphatic carboxylic acids is 2. The zero-order valence-electron chi connectivity index (χ0n) is 17.3. The summed E-state index contributed by atoms with van der Waals surface area (Å²) in [6.07, 6.45) is -1.98. The summed E-state index contributed by atoms with van der Waals surface area (Å²) in [5, 5.41) is 24.0. The molecule has 4 unspecified atom stereocenters. The Bertz CT molecular complexity index is 757. The molecule has 0 spiro atoms. The number of rotatable bonds is 15. The first kappa shape index (κ1) is 28.2. The highest BCUT2D eigenvalue weighted by atomic mass is 16.4. The third kappa shape index (κ3) is 11.4. The number of carbonyl (C=O) groups is 7. The van der Waals surface area contributed by atoms with Gasteiger partial charge in [0.2, 0.25) is 29.5 Å². The van der Waals surface area contributed by atoms with Crippen LogP contribution in [-0.2, 0) is 33.6 Å². The van der Waals surface area contributed by atoms with Gasteiger partial charge in [-0.05, 0) is 19.8 Å². The van der Waals surface area contributed by atoms with E-state index in [0.717, 1.165) is 0 Å². The predicted octanol–water partition coefficient (Wildman–Crippen LogP) is -4.12. The van der Waals surface area contributed by atoms with Crippen molar-refractivity contribution >= 4 is 41.5 Å². The molecule has 0 aliphatic heterocycles. The van der Waals surface area contributed by atoms with E-state index in [4.69, 9.17) is 27.4 Å². The second-order valence-corrected chi connectivity index (χ2v) is 6.91. The first-order chi connectivity index (χ1) is 14.7. The molecule has 0 bridgehead atoms. The second kappa shape index (κ2) is 13.5. The van der Waals surface area contributed by atoms with Gasteiger partial charge in [-0.15, -0.1) is 0 Å². The summed E-state index contributed by atoms with van der Waals surface area (Å²) in [5.74, 6) is -7.26. The topological polar surface area (TPSA) is 274 Å². The number of nitrogens with two attached hydrogens (primary N) is 3. The molecule has 0 aliphatic carbocycles. The zero-order valence-corrected chi connectivity index (χ0v) is 17.3. The van der Waals surface area contributed by atoms with Crippen molar-refractivity contribution in [2.75, 3.05) is 0 Å². The summed E-state index contributed by atoms with van der Waals surface area (Å²) >= 11 is 0. The van der Waals surface area contributed by atoms with Crippen LogP contribution in [0.3, 0.4) is 0 Å². The molecule has 0 aromatic carbocycles. The fourth-order valence-electron chi connectivity index (χ4n) is 2.30. The maximum Gasteiger partial charge on any atom is 0.325 e. The molecule has 4 atom stereocenters. The molecule has 11 N–H and O–H groups in total. The zero-order chi connectivity index (χ0) is 25.0. The fraction of sp³-hybridized carbons (Fsp3) is 0.588. The van der Waals surface area contributed by atoms with Crippen molar-refractivity contribution in [1.29, 1.82) is 0 Å². The summed E-state index contributed by atoms with van der Waals surface area (Å²) in [6, 6.07) is -5.62. The van der Waals surface area contributed by atoms with Crippen molar-refractivity contribution in [3.63, 3.8) is 0 Å². The molecule has 0 aromatic heterocycles. The maximum absolute atomic E-state index is 12.6. The Hall–Kier alpha value is -3.75. The van der Waals surface area contributed by atoms with E-state index < -0.39 is 78.5 Å². The summed E-state index contributed by atoms with van der Waals surface area (Å²) in [4.78, 5) is 81.0. The standard InChI is InChI=1S/C17H28N6O9/c1-7(17(31)32)21-15(29)9(3-4-11(19)24)22-16(30)10(6-12(20)25)23-14(28)8(18)2-5-13(26)27/h7-10H,2-6,18H2,1H3,(H2,19,24)(H2,20,25)(H,21,29)(H,22,30)(H,23,28)(H,26,27)(H,31,32). The molecule has 180 valence electrons. The molecule has 0 heterocycles. The van der Waals surface area contributed by atoms with Crippen molar-refractivity contribution in [1.82, 2.24) is 16.0 Å². The molecule has 0 saturated heterocycles. The quantitative estimate of drug-likeness (QED) is 0.117. The van der Waals surface area contributed by atoms with Crippen LogP contribution in [0.2, 0.25) is 0 Å². The Kier molecular flexibility index (Phi) is 11.9. The highest BCUT2D eigenvalue weighted by Gasteiger charge is 2.30. The molecule has 0 fully saturated rings. The largest absolute Gasteiger partial charge is 0.481 e. The van der Waals surface area contributed by atoms with Crippen molar-refractivity contribution in [2.24, 2.45) is 17.2 Å². The van der Waals surface area contributed by atoms with Crippen LogP contribution in [0.15, 0.2) is 0 Å². The van der Waals surface area contributed by atoms with E-state index in [1.54, 1.807) is 0 Å². The maximum atomic E-state index is 12.6. The Morgan fingerprint density at radius 2 is 1.28 bits per heavy atom. The number of hydrogen-bond acceptors (Lipinski definition) is 8. The van der Waals surface area contributed by atoms with Crippen LogP contribution < -0.4 is 33.2 Å². The fourth-order valence-corrected chi connectivity index (χ4v) is 2.30. The number of carboxylic acids is 2. The van der Waals surface area contributed by atoms with E-state index in [2.05, 4.69) is 16.0 Å². The molecular formula is C17H28N6O9. The molecular weight excluding hydrogens is 432 g/mol. The van der Waals surface area contributed by atoms with E-state index >= 15 is 0 Å². The average Bonchev–Trinajstić information content (AvgIpc) is 2.67. The van der Waals surface area contributed by atoms with E-state index in [-0.39, 0.29) is 19.3 Å². The molecule has 0 aromatic rings. The van der Waals surface area contributed by atoms with Gasteiger partial charge in [-0.3, -0.25) is 33.6 Å². The van der Waals surface area contributed by atoms with Crippen molar-refractivity contribution in [3.05, 3.63) is 0 Å². The number of hydrogen-bond donors (Lipinski definition) is 8. The molecule has 0 rings (SSSR count). The average molecular weight is 460 g/mol. The van der Waals surface area contributed by atoms with Crippen LogP contribution in [-0.4, -0.2) is 75.9 Å². The van der Waals surface area contributed by atoms with Crippen molar-refractivity contribution in [3.8, 4) is 0 Å². The van der Waals surface area contributed by atoms with E-state index in [9.17, 15) is 33.6 Å². The molecule has 32 heavy (non-hydrogen) atoms. The van der Waals surface area contributed by atoms with Gasteiger partial charge < -0.3 is 43.4 Å². The first-order valence-electron chi connectivity index (χ1n) is 9.42. The Morgan fingerprint density at radius 3 is 1.75 bits per heavy atom. The van der Waals surface area contributed by atoms with Crippen LogP contribution in [0.5, 0.6) is 0 Å². The third-order valence-electron chi connectivity index (χ3n) is 4.09. The van der Waals surface area contributed by atoms with Crippen LogP contribution in [0.1, 0.15) is 39.0 Å². The normalized spacial score (nSPS) is 14.2. The smallest absolute Gasteiger partial charge is 0.325 e. The number of carbonyl (C=O) groups excluding carboxylic acids is 5. The Balaban J connectivity index is 5.40. The van der Waals surface area contributed by atoms with Crippen LogP contribution in [0, 0.1) is 0 Å². The minimum atomic E-state index is -1.57. The lowest BCUT2D eigenvalue weighted by molar-refractivity contribution is -0.142. The summed E-state index contributed by atoms with van der Waals surface area (Å²) < 4.78 is 0. The lowest BCUT2D eigenvalue weighted by atomic mass is 10.1. The van der Waals surface area contributed by atoms with Crippen molar-refractivity contribution < 1.29 is 43.8 Å². The molecule has 5 amide bonds. The highest BCUT2D eigenvalue weighted by Crippen LogP contribution is 2.03. The Labute approximate surface area is 182 Å². The lowest BCUT2D eigenvalue weighted by Gasteiger charge is -2.24. The number of amides is 5. The summed E-state index contributed by atoms with van der Waals surface area (Å²) in [7, 11) is 0. The number of carboxylic acid groups (broad SMARTS) is 2. The van der Waals surface area contributed by atoms with Gasteiger partial charge in [0.15, 0.2) is 0 Å². The van der Waals surface area contributed by atoms with Gasteiger partial charge in [0.05, 0.1) is 12.5 Å². The van der Waals surface area contributed by atoms with Gasteiger partial charge in [-0.2, -0.15) is 0 Å². The van der Waals surface area contributed by atoms with Gasteiger partial charge in [0, 0.05) is 12.8 Å². The first-order valence-corrected chi connectivity index (χ1v) is 9.42.